The summed E-state index contributed by atoms with van der Waals surface area (Å²) in [4.78, 5) is 0. The van der Waals surface area contributed by atoms with E-state index in [-0.39, 0.29) is 5.17 Å². The summed E-state index contributed by atoms with van der Waals surface area (Å²) in [5, 5.41) is 7.28. The first kappa shape index (κ1) is 15.2. The van der Waals surface area contributed by atoms with Crippen molar-refractivity contribution >= 4 is 28.7 Å². The van der Waals surface area contributed by atoms with Crippen molar-refractivity contribution in [3.05, 3.63) is 0 Å². The molecule has 0 spiro atoms. The van der Waals surface area contributed by atoms with Crippen LogP contribution < -0.4 is 5.73 Å². The van der Waals surface area contributed by atoms with Gasteiger partial charge in [0.2, 0.25) is 0 Å². The van der Waals surface area contributed by atoms with E-state index in [4.69, 9.17) is 11.1 Å². The highest BCUT2D eigenvalue weighted by atomic mass is 32.2. The Kier molecular flexibility index (Phi) is 12.4. The van der Waals surface area contributed by atoms with Crippen molar-refractivity contribution < 1.29 is 0 Å². The molecular weight excluding hydrogens is 224 g/mol. The molecule has 0 heterocycles. The smallest absolute Gasteiger partial charge is 0.151 e. The second kappa shape index (κ2) is 12.2. The SMILES string of the molecule is CCCCCCCCSCCSC(=N)N. The molecule has 0 aliphatic heterocycles. The topological polar surface area (TPSA) is 49.9 Å². The van der Waals surface area contributed by atoms with Crippen LogP contribution in [-0.2, 0) is 0 Å². The minimum absolute atomic E-state index is 0.246. The Labute approximate surface area is 103 Å². The lowest BCUT2D eigenvalue weighted by molar-refractivity contribution is 0.627. The maximum Gasteiger partial charge on any atom is 0.151 e. The van der Waals surface area contributed by atoms with Crippen LogP contribution in [0.5, 0.6) is 0 Å². The van der Waals surface area contributed by atoms with E-state index < -0.39 is 0 Å². The van der Waals surface area contributed by atoms with Crippen LogP contribution in [0, 0.1) is 5.41 Å². The van der Waals surface area contributed by atoms with Gasteiger partial charge in [0.15, 0.2) is 5.17 Å². The van der Waals surface area contributed by atoms with Gasteiger partial charge in [-0.25, -0.2) is 0 Å². The number of thioether (sulfide) groups is 2. The van der Waals surface area contributed by atoms with E-state index in [1.807, 2.05) is 11.8 Å². The Morgan fingerprint density at radius 3 is 2.33 bits per heavy atom. The Hall–Kier alpha value is 0.170. The molecule has 0 saturated carbocycles. The Morgan fingerprint density at radius 1 is 1.00 bits per heavy atom. The normalized spacial score (nSPS) is 10.5. The van der Waals surface area contributed by atoms with E-state index in [9.17, 15) is 0 Å². The van der Waals surface area contributed by atoms with Crippen molar-refractivity contribution in [1.29, 1.82) is 5.41 Å². The second-order valence-electron chi connectivity index (χ2n) is 3.59. The van der Waals surface area contributed by atoms with E-state index in [0.717, 1.165) is 11.5 Å². The molecule has 0 aromatic heterocycles. The van der Waals surface area contributed by atoms with Gasteiger partial charge < -0.3 is 5.73 Å². The largest absolute Gasteiger partial charge is 0.379 e. The first-order valence-electron chi connectivity index (χ1n) is 5.82. The van der Waals surface area contributed by atoms with E-state index in [0.29, 0.717) is 0 Å². The lowest BCUT2D eigenvalue weighted by atomic mass is 10.1. The van der Waals surface area contributed by atoms with Crippen LogP contribution in [0.1, 0.15) is 45.4 Å². The summed E-state index contributed by atoms with van der Waals surface area (Å²) in [5.41, 5.74) is 5.24. The van der Waals surface area contributed by atoms with Gasteiger partial charge in [-0.15, -0.1) is 0 Å². The summed E-state index contributed by atoms with van der Waals surface area (Å²) < 4.78 is 0. The van der Waals surface area contributed by atoms with Gasteiger partial charge in [0.25, 0.3) is 0 Å². The Bertz CT molecular complexity index is 152. The van der Waals surface area contributed by atoms with Crippen molar-refractivity contribution in [3.8, 4) is 0 Å². The third-order valence-electron chi connectivity index (χ3n) is 2.13. The van der Waals surface area contributed by atoms with E-state index >= 15 is 0 Å². The molecule has 3 N–H and O–H groups in total. The van der Waals surface area contributed by atoms with E-state index in [2.05, 4.69) is 6.92 Å². The number of nitrogens with two attached hydrogens (primary N) is 1. The molecule has 4 heteroatoms. The van der Waals surface area contributed by atoms with Gasteiger partial charge in [-0.3, -0.25) is 5.41 Å². The van der Waals surface area contributed by atoms with Crippen molar-refractivity contribution in [2.75, 3.05) is 17.3 Å². The van der Waals surface area contributed by atoms with Crippen molar-refractivity contribution in [2.24, 2.45) is 5.73 Å². The van der Waals surface area contributed by atoms with Gasteiger partial charge in [0.05, 0.1) is 0 Å². The molecule has 0 amide bonds. The molecule has 0 fully saturated rings. The average molecular weight is 248 g/mol. The van der Waals surface area contributed by atoms with Crippen LogP contribution in [0.15, 0.2) is 0 Å². The minimum atomic E-state index is 0.246. The molecule has 0 radical (unpaired) electrons. The second-order valence-corrected chi connectivity index (χ2v) is 5.95. The van der Waals surface area contributed by atoms with Crippen molar-refractivity contribution in [2.45, 2.75) is 45.4 Å². The van der Waals surface area contributed by atoms with Gasteiger partial charge in [-0.05, 0) is 12.2 Å². The van der Waals surface area contributed by atoms with Crippen LogP contribution >= 0.6 is 23.5 Å². The first-order chi connectivity index (χ1) is 7.27. The number of hydrogen-bond acceptors (Lipinski definition) is 3. The maximum atomic E-state index is 7.04. The van der Waals surface area contributed by atoms with Gasteiger partial charge in [-0.2, -0.15) is 11.8 Å². The fourth-order valence-corrected chi connectivity index (χ4v) is 2.93. The zero-order valence-corrected chi connectivity index (χ0v) is 11.4. The monoisotopic (exact) mass is 248 g/mol. The number of unbranched alkanes of at least 4 members (excludes halogenated alkanes) is 5. The summed E-state index contributed by atoms with van der Waals surface area (Å²) >= 11 is 3.43. The molecule has 90 valence electrons. The minimum Gasteiger partial charge on any atom is -0.379 e. The molecule has 0 aliphatic carbocycles. The summed E-state index contributed by atoms with van der Waals surface area (Å²) in [6.45, 7) is 2.25. The van der Waals surface area contributed by atoms with Crippen LogP contribution in [0.2, 0.25) is 0 Å². The standard InChI is InChI=1S/C11H24N2S2/c1-2-3-4-5-6-7-8-14-9-10-15-11(12)13/h2-10H2,1H3,(H3,12,13). The number of amidine groups is 1. The van der Waals surface area contributed by atoms with Crippen molar-refractivity contribution in [3.63, 3.8) is 0 Å². The zero-order chi connectivity index (χ0) is 11.4. The molecule has 0 aromatic carbocycles. The highest BCUT2D eigenvalue weighted by Gasteiger charge is 1.93. The number of rotatable bonds is 10. The van der Waals surface area contributed by atoms with Gasteiger partial charge in [-0.1, -0.05) is 50.8 Å². The van der Waals surface area contributed by atoms with E-state index in [1.165, 1.54) is 56.0 Å². The molecular formula is C11H24N2S2. The van der Waals surface area contributed by atoms with Crippen LogP contribution in [-0.4, -0.2) is 22.4 Å². The third-order valence-corrected chi connectivity index (χ3v) is 4.18. The van der Waals surface area contributed by atoms with Crippen LogP contribution in [0.3, 0.4) is 0 Å². The first-order valence-corrected chi connectivity index (χ1v) is 7.96. The fourth-order valence-electron chi connectivity index (χ4n) is 1.30. The molecule has 15 heavy (non-hydrogen) atoms. The molecule has 0 unspecified atom stereocenters. The number of nitrogens with one attached hydrogen (secondary N) is 1. The molecule has 0 atom stereocenters. The number of hydrogen-bond donors (Lipinski definition) is 2. The summed E-state index contributed by atoms with van der Waals surface area (Å²) in [5.74, 6) is 3.37. The predicted molar refractivity (Wildman–Crippen MR) is 75.1 cm³/mol. The maximum absolute atomic E-state index is 7.04. The summed E-state index contributed by atoms with van der Waals surface area (Å²) in [7, 11) is 0. The summed E-state index contributed by atoms with van der Waals surface area (Å²) in [6, 6.07) is 0. The lowest BCUT2D eigenvalue weighted by Crippen LogP contribution is -2.05. The van der Waals surface area contributed by atoms with E-state index in [1.54, 1.807) is 0 Å². The molecule has 0 saturated heterocycles. The lowest BCUT2D eigenvalue weighted by Gasteiger charge is -2.01. The highest BCUT2D eigenvalue weighted by molar-refractivity contribution is 8.14. The fraction of sp³-hybridized carbons (Fsp3) is 0.909. The molecule has 0 aromatic rings. The van der Waals surface area contributed by atoms with Gasteiger partial charge in [0.1, 0.15) is 0 Å². The molecule has 0 aliphatic rings. The quantitative estimate of drug-likeness (QED) is 0.352. The molecule has 2 nitrogen and oxygen atoms in total. The highest BCUT2D eigenvalue weighted by Crippen LogP contribution is 2.11. The van der Waals surface area contributed by atoms with Crippen LogP contribution in [0.25, 0.3) is 0 Å². The van der Waals surface area contributed by atoms with Gasteiger partial charge in [0, 0.05) is 11.5 Å². The zero-order valence-electron chi connectivity index (χ0n) is 9.76. The van der Waals surface area contributed by atoms with Gasteiger partial charge >= 0.3 is 0 Å². The third kappa shape index (κ3) is 14.2. The average Bonchev–Trinajstić information content (AvgIpc) is 2.20. The Morgan fingerprint density at radius 2 is 1.67 bits per heavy atom. The predicted octanol–water partition coefficient (Wildman–Crippen LogP) is 3.71. The molecule has 0 bridgehead atoms. The summed E-state index contributed by atoms with van der Waals surface area (Å²) in [6.07, 6.45) is 8.25. The Balaban J connectivity index is 2.89. The van der Waals surface area contributed by atoms with Crippen molar-refractivity contribution in [1.82, 2.24) is 0 Å². The van der Waals surface area contributed by atoms with Crippen LogP contribution in [0.4, 0.5) is 0 Å². The molecule has 0 rings (SSSR count).